The van der Waals surface area contributed by atoms with Crippen LogP contribution in [-0.4, -0.2) is 17.1 Å². The fourth-order valence-electron chi connectivity index (χ4n) is 1.18. The Morgan fingerprint density at radius 3 is 2.31 bits per heavy atom. The Labute approximate surface area is 92.1 Å². The van der Waals surface area contributed by atoms with Crippen LogP contribution in [0.15, 0.2) is 12.1 Å². The molecule has 5 heteroatoms. The van der Waals surface area contributed by atoms with E-state index < -0.39 is 23.2 Å². The first kappa shape index (κ1) is 12.4. The Balaban J connectivity index is 3.07. The summed E-state index contributed by atoms with van der Waals surface area (Å²) in [7, 11) is 0. The minimum Gasteiger partial charge on any atom is -0.478 e. The zero-order chi connectivity index (χ0) is 12.3. The van der Waals surface area contributed by atoms with E-state index in [0.717, 1.165) is 12.1 Å². The van der Waals surface area contributed by atoms with Crippen molar-refractivity contribution in [3.8, 4) is 0 Å². The SMILES string of the molecule is CCC(C)Nc1c(F)cc(C(=O)O)cc1F. The molecule has 3 nitrogen and oxygen atoms in total. The van der Waals surface area contributed by atoms with Gasteiger partial charge in [-0.15, -0.1) is 0 Å². The van der Waals surface area contributed by atoms with Crippen LogP contribution in [-0.2, 0) is 0 Å². The maximum absolute atomic E-state index is 13.4. The number of nitrogens with one attached hydrogen (secondary N) is 1. The van der Waals surface area contributed by atoms with Gasteiger partial charge in [0.15, 0.2) is 0 Å². The van der Waals surface area contributed by atoms with E-state index in [0.29, 0.717) is 6.42 Å². The van der Waals surface area contributed by atoms with E-state index in [9.17, 15) is 13.6 Å². The summed E-state index contributed by atoms with van der Waals surface area (Å²) in [6, 6.07) is 1.52. The average molecular weight is 229 g/mol. The third-order valence-electron chi connectivity index (χ3n) is 2.29. The lowest BCUT2D eigenvalue weighted by Crippen LogP contribution is -2.16. The molecular weight excluding hydrogens is 216 g/mol. The Bertz CT molecular complexity index is 384. The number of carbonyl (C=O) groups is 1. The third-order valence-corrected chi connectivity index (χ3v) is 2.29. The van der Waals surface area contributed by atoms with Crippen LogP contribution in [0, 0.1) is 11.6 Å². The highest BCUT2D eigenvalue weighted by Gasteiger charge is 2.15. The number of benzene rings is 1. The molecule has 0 aliphatic carbocycles. The molecule has 1 atom stereocenters. The van der Waals surface area contributed by atoms with Gasteiger partial charge in [0.25, 0.3) is 0 Å². The van der Waals surface area contributed by atoms with Gasteiger partial charge in [-0.1, -0.05) is 6.92 Å². The van der Waals surface area contributed by atoms with E-state index in [1.165, 1.54) is 0 Å². The maximum atomic E-state index is 13.4. The number of carboxylic acids is 1. The highest BCUT2D eigenvalue weighted by molar-refractivity contribution is 5.88. The molecule has 16 heavy (non-hydrogen) atoms. The first-order valence-electron chi connectivity index (χ1n) is 4.94. The largest absolute Gasteiger partial charge is 0.478 e. The molecule has 0 radical (unpaired) electrons. The Morgan fingerprint density at radius 2 is 1.94 bits per heavy atom. The second-order valence-electron chi connectivity index (χ2n) is 3.57. The number of anilines is 1. The fraction of sp³-hybridized carbons (Fsp3) is 0.364. The molecule has 0 amide bonds. The van der Waals surface area contributed by atoms with Gasteiger partial charge >= 0.3 is 5.97 Å². The van der Waals surface area contributed by atoms with Crippen LogP contribution in [0.4, 0.5) is 14.5 Å². The molecule has 1 unspecified atom stereocenters. The lowest BCUT2D eigenvalue weighted by molar-refractivity contribution is 0.0696. The van der Waals surface area contributed by atoms with Crippen LogP contribution < -0.4 is 5.32 Å². The summed E-state index contributed by atoms with van der Waals surface area (Å²) in [5.74, 6) is -3.14. The van der Waals surface area contributed by atoms with Crippen molar-refractivity contribution in [2.45, 2.75) is 26.3 Å². The Hall–Kier alpha value is -1.65. The highest BCUT2D eigenvalue weighted by atomic mass is 19.1. The van der Waals surface area contributed by atoms with Crippen molar-refractivity contribution in [1.82, 2.24) is 0 Å². The molecule has 0 saturated heterocycles. The summed E-state index contributed by atoms with van der Waals surface area (Å²) < 4.78 is 26.8. The molecule has 88 valence electrons. The normalized spacial score (nSPS) is 12.2. The minimum atomic E-state index is -1.35. The number of hydrogen-bond acceptors (Lipinski definition) is 2. The molecule has 1 rings (SSSR count). The summed E-state index contributed by atoms with van der Waals surface area (Å²) in [4.78, 5) is 10.5. The quantitative estimate of drug-likeness (QED) is 0.834. The van der Waals surface area contributed by atoms with Gasteiger partial charge in [-0.2, -0.15) is 0 Å². The van der Waals surface area contributed by atoms with E-state index in [1.807, 2.05) is 6.92 Å². The van der Waals surface area contributed by atoms with E-state index in [2.05, 4.69) is 5.32 Å². The second kappa shape index (κ2) is 4.92. The first-order chi connectivity index (χ1) is 7.45. The fourth-order valence-corrected chi connectivity index (χ4v) is 1.18. The molecule has 0 fully saturated rings. The summed E-state index contributed by atoms with van der Waals surface area (Å²) in [6.07, 6.45) is 0.708. The first-order valence-corrected chi connectivity index (χ1v) is 4.94. The zero-order valence-corrected chi connectivity index (χ0v) is 9.05. The van der Waals surface area contributed by atoms with E-state index in [-0.39, 0.29) is 11.7 Å². The zero-order valence-electron chi connectivity index (χ0n) is 9.05. The van der Waals surface area contributed by atoms with Crippen LogP contribution in [0.25, 0.3) is 0 Å². The lowest BCUT2D eigenvalue weighted by atomic mass is 10.1. The predicted molar refractivity (Wildman–Crippen MR) is 56.7 cm³/mol. The molecule has 0 aromatic heterocycles. The summed E-state index contributed by atoms with van der Waals surface area (Å²) >= 11 is 0. The van der Waals surface area contributed by atoms with E-state index >= 15 is 0 Å². The third kappa shape index (κ3) is 2.68. The number of rotatable bonds is 4. The van der Waals surface area contributed by atoms with Crippen LogP contribution in [0.5, 0.6) is 0 Å². The Morgan fingerprint density at radius 1 is 1.44 bits per heavy atom. The van der Waals surface area contributed by atoms with Crippen molar-refractivity contribution in [3.05, 3.63) is 29.3 Å². The van der Waals surface area contributed by atoms with Gasteiger partial charge in [-0.05, 0) is 25.5 Å². The summed E-state index contributed by atoms with van der Waals surface area (Å²) in [5, 5.41) is 11.3. The van der Waals surface area contributed by atoms with Gasteiger partial charge in [0.1, 0.15) is 17.3 Å². The standard InChI is InChI=1S/C11H13F2NO2/c1-3-6(2)14-10-8(12)4-7(11(15)16)5-9(10)13/h4-6,14H,3H2,1-2H3,(H,15,16). The van der Waals surface area contributed by atoms with Crippen LogP contribution in [0.2, 0.25) is 0 Å². The topological polar surface area (TPSA) is 49.3 Å². The van der Waals surface area contributed by atoms with Gasteiger partial charge in [0.05, 0.1) is 5.56 Å². The summed E-state index contributed by atoms with van der Waals surface area (Å²) in [6.45, 7) is 3.66. The minimum absolute atomic E-state index is 0.0836. The Kier molecular flexibility index (Phi) is 3.82. The van der Waals surface area contributed by atoms with E-state index in [4.69, 9.17) is 5.11 Å². The molecule has 1 aromatic carbocycles. The molecule has 0 aliphatic heterocycles. The van der Waals surface area contributed by atoms with Crippen LogP contribution in [0.1, 0.15) is 30.6 Å². The molecule has 0 spiro atoms. The van der Waals surface area contributed by atoms with Crippen molar-refractivity contribution >= 4 is 11.7 Å². The average Bonchev–Trinajstić information content (AvgIpc) is 2.22. The highest BCUT2D eigenvalue weighted by Crippen LogP contribution is 2.22. The summed E-state index contributed by atoms with van der Waals surface area (Å²) in [5.41, 5.74) is -0.677. The second-order valence-corrected chi connectivity index (χ2v) is 3.57. The van der Waals surface area contributed by atoms with Crippen molar-refractivity contribution in [3.63, 3.8) is 0 Å². The van der Waals surface area contributed by atoms with Gasteiger partial charge in [0, 0.05) is 6.04 Å². The van der Waals surface area contributed by atoms with Gasteiger partial charge in [-0.3, -0.25) is 0 Å². The molecule has 1 aromatic rings. The smallest absolute Gasteiger partial charge is 0.335 e. The van der Waals surface area contributed by atoms with Crippen molar-refractivity contribution in [2.75, 3.05) is 5.32 Å². The van der Waals surface area contributed by atoms with E-state index in [1.54, 1.807) is 6.92 Å². The number of halogens is 2. The molecule has 0 aliphatic rings. The molecule has 0 bridgehead atoms. The van der Waals surface area contributed by atoms with Crippen LogP contribution in [0.3, 0.4) is 0 Å². The number of aromatic carboxylic acids is 1. The van der Waals surface area contributed by atoms with Gasteiger partial charge in [0.2, 0.25) is 0 Å². The number of carboxylic acid groups (broad SMARTS) is 1. The molecule has 0 heterocycles. The van der Waals surface area contributed by atoms with Crippen molar-refractivity contribution in [1.29, 1.82) is 0 Å². The van der Waals surface area contributed by atoms with Gasteiger partial charge < -0.3 is 10.4 Å². The number of hydrogen-bond donors (Lipinski definition) is 2. The van der Waals surface area contributed by atoms with Crippen LogP contribution >= 0.6 is 0 Å². The van der Waals surface area contributed by atoms with Gasteiger partial charge in [-0.25, -0.2) is 13.6 Å². The van der Waals surface area contributed by atoms with Crippen molar-refractivity contribution in [2.24, 2.45) is 0 Å². The molecular formula is C11H13F2NO2. The predicted octanol–water partition coefficient (Wildman–Crippen LogP) is 2.87. The van der Waals surface area contributed by atoms with Crippen molar-refractivity contribution < 1.29 is 18.7 Å². The molecule has 0 saturated carbocycles. The lowest BCUT2D eigenvalue weighted by Gasteiger charge is -2.14. The monoisotopic (exact) mass is 229 g/mol. The molecule has 2 N–H and O–H groups in total. The maximum Gasteiger partial charge on any atom is 0.335 e.